The molecule has 4 unspecified atom stereocenters. The molecule has 0 amide bonds. The molecule has 8 aromatic rings. The molecule has 9 rings (SSSR count). The molecule has 0 bridgehead atoms. The van der Waals surface area contributed by atoms with Crippen LogP contribution in [0.2, 0.25) is 0 Å². The molecule has 0 spiro atoms. The fourth-order valence-electron chi connectivity index (χ4n) is 8.20. The normalized spacial score (nSPS) is 18.3. The number of aromatic amines is 1. The molecule has 4 atom stereocenters. The van der Waals surface area contributed by atoms with E-state index in [9.17, 15) is 15.0 Å². The number of aliphatic hydroxyl groups is 2. The van der Waals surface area contributed by atoms with Gasteiger partial charge in [-0.25, -0.2) is 4.98 Å². The molecular formula is C48H41N5O5. The lowest BCUT2D eigenvalue weighted by molar-refractivity contribution is -0.0942. The molecule has 1 fully saturated rings. The quantitative estimate of drug-likeness (QED) is 0.0964. The number of hydrogen-bond donors (Lipinski definition) is 4. The van der Waals surface area contributed by atoms with Crippen LogP contribution in [0.4, 0.5) is 5.95 Å². The Hall–Kier alpha value is -6.69. The van der Waals surface area contributed by atoms with E-state index < -0.39 is 41.2 Å². The highest BCUT2D eigenvalue weighted by Gasteiger charge is 2.47. The van der Waals surface area contributed by atoms with Crippen LogP contribution in [0.15, 0.2) is 193 Å². The number of fused-ring (bicyclic) bond motifs is 1. The van der Waals surface area contributed by atoms with Crippen LogP contribution < -0.4 is 10.9 Å². The van der Waals surface area contributed by atoms with Crippen molar-refractivity contribution in [2.45, 2.75) is 35.7 Å². The molecule has 1 aliphatic rings. The van der Waals surface area contributed by atoms with Gasteiger partial charge in [-0.1, -0.05) is 182 Å². The van der Waals surface area contributed by atoms with Crippen LogP contribution in [-0.4, -0.2) is 54.7 Å². The monoisotopic (exact) mass is 767 g/mol. The summed E-state index contributed by atoms with van der Waals surface area (Å²) >= 11 is 0. The smallest absolute Gasteiger partial charge is 0.280 e. The molecule has 3 heterocycles. The van der Waals surface area contributed by atoms with Gasteiger partial charge in [-0.2, -0.15) is 4.98 Å². The Morgan fingerprint density at radius 2 is 1.03 bits per heavy atom. The maximum absolute atomic E-state index is 13.8. The first kappa shape index (κ1) is 36.9. The average Bonchev–Trinajstić information content (AvgIpc) is 3.84. The second-order valence-corrected chi connectivity index (χ2v) is 14.3. The van der Waals surface area contributed by atoms with Crippen molar-refractivity contribution in [1.29, 1.82) is 0 Å². The Morgan fingerprint density at radius 1 is 0.621 bits per heavy atom. The average molecular weight is 768 g/mol. The van der Waals surface area contributed by atoms with Gasteiger partial charge in [0, 0.05) is 0 Å². The summed E-state index contributed by atoms with van der Waals surface area (Å²) in [5.41, 5.74) is 3.09. The fraction of sp³-hybridized carbons (Fsp3) is 0.146. The van der Waals surface area contributed by atoms with Gasteiger partial charge in [0.15, 0.2) is 17.4 Å². The molecule has 1 aliphatic heterocycles. The van der Waals surface area contributed by atoms with Gasteiger partial charge in [0.2, 0.25) is 5.95 Å². The summed E-state index contributed by atoms with van der Waals surface area (Å²) in [6, 6.07) is 59.6. The number of benzene rings is 6. The van der Waals surface area contributed by atoms with Gasteiger partial charge < -0.3 is 25.0 Å². The van der Waals surface area contributed by atoms with Crippen molar-refractivity contribution in [2.24, 2.45) is 0 Å². The molecule has 2 aromatic heterocycles. The van der Waals surface area contributed by atoms with Crippen molar-refractivity contribution in [1.82, 2.24) is 19.5 Å². The van der Waals surface area contributed by atoms with Gasteiger partial charge in [0.1, 0.15) is 29.5 Å². The molecule has 288 valence electrons. The Kier molecular flexibility index (Phi) is 9.98. The van der Waals surface area contributed by atoms with Crippen molar-refractivity contribution in [3.05, 3.63) is 232 Å². The zero-order valence-electron chi connectivity index (χ0n) is 31.4. The minimum atomic E-state index is -1.40. The van der Waals surface area contributed by atoms with Crippen molar-refractivity contribution in [3.63, 3.8) is 0 Å². The van der Waals surface area contributed by atoms with Crippen LogP contribution in [0.3, 0.4) is 0 Å². The summed E-state index contributed by atoms with van der Waals surface area (Å²) in [4.78, 5) is 26.0. The molecule has 0 saturated carbocycles. The number of nitrogens with zero attached hydrogens (tertiary/aromatic N) is 3. The van der Waals surface area contributed by atoms with Crippen LogP contribution in [0.25, 0.3) is 11.2 Å². The molecule has 0 radical (unpaired) electrons. The summed E-state index contributed by atoms with van der Waals surface area (Å²) in [7, 11) is 0. The molecule has 1 saturated heterocycles. The minimum absolute atomic E-state index is 0.0523. The van der Waals surface area contributed by atoms with Gasteiger partial charge in [0.25, 0.3) is 5.56 Å². The van der Waals surface area contributed by atoms with E-state index in [1.807, 2.05) is 182 Å². The highest BCUT2D eigenvalue weighted by molar-refractivity contribution is 5.71. The van der Waals surface area contributed by atoms with E-state index in [0.717, 1.165) is 33.4 Å². The summed E-state index contributed by atoms with van der Waals surface area (Å²) in [5.74, 6) is 0.169. The number of ether oxygens (including phenoxy) is 2. The zero-order valence-corrected chi connectivity index (χ0v) is 31.4. The van der Waals surface area contributed by atoms with E-state index in [4.69, 9.17) is 14.5 Å². The molecule has 4 N–H and O–H groups in total. The van der Waals surface area contributed by atoms with Gasteiger partial charge in [-0.15, -0.1) is 0 Å². The van der Waals surface area contributed by atoms with E-state index in [1.54, 1.807) is 0 Å². The van der Waals surface area contributed by atoms with Gasteiger partial charge in [-0.05, 0) is 33.4 Å². The van der Waals surface area contributed by atoms with Crippen LogP contribution in [0.1, 0.15) is 39.6 Å². The Labute approximate surface area is 335 Å². The first-order valence-corrected chi connectivity index (χ1v) is 19.2. The van der Waals surface area contributed by atoms with E-state index in [-0.39, 0.29) is 23.7 Å². The number of nitrogens with one attached hydrogen (secondary N) is 2. The van der Waals surface area contributed by atoms with Crippen molar-refractivity contribution in [2.75, 3.05) is 11.9 Å². The summed E-state index contributed by atoms with van der Waals surface area (Å²) < 4.78 is 14.9. The van der Waals surface area contributed by atoms with E-state index >= 15 is 0 Å². The Balaban J connectivity index is 1.08. The molecule has 6 aromatic carbocycles. The SMILES string of the molecule is O=c1[nH]c(NC(c2ccccc2)(c2ccccc2)c2ccccc2)nc2c1ncn2C1OC(COC(c2ccccc2)(c2ccccc2)c2ccccc2)C(O)C1O. The summed E-state index contributed by atoms with van der Waals surface area (Å²) in [6.45, 7) is -0.0887. The number of rotatable bonds is 12. The van der Waals surface area contributed by atoms with E-state index in [0.29, 0.717) is 0 Å². The van der Waals surface area contributed by atoms with Crippen LogP contribution >= 0.6 is 0 Å². The maximum Gasteiger partial charge on any atom is 0.280 e. The molecule has 10 nitrogen and oxygen atoms in total. The summed E-state index contributed by atoms with van der Waals surface area (Å²) in [5, 5.41) is 26.8. The number of imidazole rings is 1. The highest BCUT2D eigenvalue weighted by Crippen LogP contribution is 2.43. The fourth-order valence-corrected chi connectivity index (χ4v) is 8.20. The Bertz CT molecular complexity index is 2450. The van der Waals surface area contributed by atoms with Crippen LogP contribution in [0, 0.1) is 0 Å². The van der Waals surface area contributed by atoms with Gasteiger partial charge in [0.05, 0.1) is 12.9 Å². The lowest BCUT2D eigenvalue weighted by atomic mass is 9.77. The summed E-state index contributed by atoms with van der Waals surface area (Å²) in [6.07, 6.45) is -3.45. The van der Waals surface area contributed by atoms with Gasteiger partial charge in [-0.3, -0.25) is 14.3 Å². The first-order chi connectivity index (χ1) is 28.5. The lowest BCUT2D eigenvalue weighted by Crippen LogP contribution is -2.39. The van der Waals surface area contributed by atoms with Crippen molar-refractivity contribution < 1.29 is 19.7 Å². The minimum Gasteiger partial charge on any atom is -0.387 e. The maximum atomic E-state index is 13.8. The van der Waals surface area contributed by atoms with Crippen molar-refractivity contribution in [3.8, 4) is 0 Å². The molecular weight excluding hydrogens is 727 g/mol. The number of hydrogen-bond acceptors (Lipinski definition) is 8. The molecule has 58 heavy (non-hydrogen) atoms. The van der Waals surface area contributed by atoms with Gasteiger partial charge >= 0.3 is 0 Å². The van der Waals surface area contributed by atoms with E-state index in [2.05, 4.69) is 15.3 Å². The third-order valence-electron chi connectivity index (χ3n) is 11.0. The molecule has 0 aliphatic carbocycles. The first-order valence-electron chi connectivity index (χ1n) is 19.2. The zero-order chi connectivity index (χ0) is 39.5. The standard InChI is InChI=1S/C48H41N5O5/c54-41-39(31-57-48(36-25-13-4-14-26-36,37-27-15-5-16-28-37)38-29-17-6-18-30-38)58-45(42(41)55)53-32-49-40-43(53)50-46(51-44(40)56)52-47(33-19-7-1-8-20-33,34-21-9-2-10-22-34)35-23-11-3-12-24-35/h1-30,32,39,41-42,45,54-55H,31H2,(H2,50,51,52,56). The van der Waals surface area contributed by atoms with Crippen LogP contribution in [-0.2, 0) is 20.6 Å². The second-order valence-electron chi connectivity index (χ2n) is 14.3. The number of aliphatic hydroxyl groups excluding tert-OH is 2. The molecule has 10 heteroatoms. The Morgan fingerprint density at radius 3 is 1.47 bits per heavy atom. The predicted octanol–water partition coefficient (Wildman–Crippen LogP) is 7.15. The lowest BCUT2D eigenvalue weighted by Gasteiger charge is -2.37. The second kappa shape index (κ2) is 15.7. The number of H-pyrrole nitrogens is 1. The topological polar surface area (TPSA) is 135 Å². The largest absolute Gasteiger partial charge is 0.387 e. The third-order valence-corrected chi connectivity index (χ3v) is 11.0. The number of aromatic nitrogens is 4. The van der Waals surface area contributed by atoms with Crippen molar-refractivity contribution >= 4 is 17.1 Å². The van der Waals surface area contributed by atoms with Crippen LogP contribution in [0.5, 0.6) is 0 Å². The highest BCUT2D eigenvalue weighted by atomic mass is 16.6. The predicted molar refractivity (Wildman–Crippen MR) is 222 cm³/mol. The third kappa shape index (κ3) is 6.48. The number of anilines is 1. The van der Waals surface area contributed by atoms with E-state index in [1.165, 1.54) is 10.9 Å².